The molecule has 3 nitrogen and oxygen atoms in total. The zero-order valence-corrected chi connectivity index (χ0v) is 16.1. The Morgan fingerprint density at radius 1 is 1.04 bits per heavy atom. The third kappa shape index (κ3) is 6.98. The summed E-state index contributed by atoms with van der Waals surface area (Å²) in [6.45, 7) is 3.25. The molecule has 26 heavy (non-hydrogen) atoms. The number of nitriles is 1. The Morgan fingerprint density at radius 2 is 1.92 bits per heavy atom. The van der Waals surface area contributed by atoms with Crippen LogP contribution in [0.4, 0.5) is 0 Å². The van der Waals surface area contributed by atoms with Crippen molar-refractivity contribution in [2.24, 2.45) is 0 Å². The zero-order chi connectivity index (χ0) is 18.6. The van der Waals surface area contributed by atoms with Gasteiger partial charge in [-0.05, 0) is 60.7 Å². The highest BCUT2D eigenvalue weighted by molar-refractivity contribution is 6.30. The van der Waals surface area contributed by atoms with E-state index >= 15 is 0 Å². The highest BCUT2D eigenvalue weighted by Crippen LogP contribution is 2.27. The predicted molar refractivity (Wildman–Crippen MR) is 106 cm³/mol. The van der Waals surface area contributed by atoms with E-state index in [0.29, 0.717) is 24.7 Å². The largest absolute Gasteiger partial charge is 0.493 e. The van der Waals surface area contributed by atoms with Crippen LogP contribution in [0.5, 0.6) is 11.5 Å². The molecule has 0 heterocycles. The van der Waals surface area contributed by atoms with Crippen LogP contribution in [-0.4, -0.2) is 6.61 Å². The van der Waals surface area contributed by atoms with Crippen molar-refractivity contribution in [2.45, 2.75) is 52.1 Å². The van der Waals surface area contributed by atoms with Crippen LogP contribution in [0, 0.1) is 11.3 Å². The van der Waals surface area contributed by atoms with Crippen molar-refractivity contribution in [3.05, 3.63) is 58.6 Å². The third-order valence-electron chi connectivity index (χ3n) is 4.07. The van der Waals surface area contributed by atoms with Crippen molar-refractivity contribution in [3.8, 4) is 17.6 Å². The topological polar surface area (TPSA) is 42.2 Å². The molecule has 0 radical (unpaired) electrons. The molecule has 0 amide bonds. The molecule has 0 N–H and O–H groups in total. The van der Waals surface area contributed by atoms with Crippen LogP contribution in [0.3, 0.4) is 0 Å². The second-order valence-corrected chi connectivity index (χ2v) is 6.69. The Hall–Kier alpha value is -2.18. The van der Waals surface area contributed by atoms with Crippen molar-refractivity contribution in [1.29, 1.82) is 5.26 Å². The van der Waals surface area contributed by atoms with Gasteiger partial charge in [0.15, 0.2) is 0 Å². The van der Waals surface area contributed by atoms with Gasteiger partial charge in [-0.25, -0.2) is 0 Å². The lowest BCUT2D eigenvalue weighted by Gasteiger charge is -2.14. The summed E-state index contributed by atoms with van der Waals surface area (Å²) in [5.74, 6) is 1.73. The van der Waals surface area contributed by atoms with Crippen molar-refractivity contribution in [3.63, 3.8) is 0 Å². The molecule has 0 aliphatic rings. The molecular formula is C22H26ClNO2. The number of ether oxygens (including phenoxy) is 2. The van der Waals surface area contributed by atoms with Gasteiger partial charge in [0, 0.05) is 11.4 Å². The number of benzene rings is 2. The molecule has 0 aromatic heterocycles. The zero-order valence-electron chi connectivity index (χ0n) is 15.3. The van der Waals surface area contributed by atoms with Crippen LogP contribution >= 0.6 is 11.6 Å². The molecule has 2 aromatic carbocycles. The van der Waals surface area contributed by atoms with E-state index in [2.05, 4.69) is 19.1 Å². The van der Waals surface area contributed by atoms with Gasteiger partial charge in [0.25, 0.3) is 0 Å². The van der Waals surface area contributed by atoms with Gasteiger partial charge in [-0.1, -0.05) is 43.5 Å². The smallest absolute Gasteiger partial charge is 0.122 e. The highest BCUT2D eigenvalue weighted by atomic mass is 35.5. The van der Waals surface area contributed by atoms with Gasteiger partial charge in [-0.2, -0.15) is 5.26 Å². The van der Waals surface area contributed by atoms with Crippen LogP contribution in [0.2, 0.25) is 5.02 Å². The standard InChI is InChI=1S/C22H26ClNO2/c1-2-3-4-9-19-16-21(11-12-22(19)25-14-6-5-13-24)26-17-18-8-7-10-20(23)15-18/h7-8,10-12,15-16H,2-6,9,14,17H2,1H3. The van der Waals surface area contributed by atoms with Gasteiger partial charge in [-0.15, -0.1) is 0 Å². The van der Waals surface area contributed by atoms with Crippen molar-refractivity contribution < 1.29 is 9.47 Å². The fourth-order valence-corrected chi connectivity index (χ4v) is 2.89. The summed E-state index contributed by atoms with van der Waals surface area (Å²) in [5, 5.41) is 9.35. The summed E-state index contributed by atoms with van der Waals surface area (Å²) < 4.78 is 11.8. The van der Waals surface area contributed by atoms with E-state index in [1.54, 1.807) is 0 Å². The Kier molecular flexibility index (Phi) is 8.86. The van der Waals surface area contributed by atoms with Gasteiger partial charge in [-0.3, -0.25) is 0 Å². The molecular weight excluding hydrogens is 346 g/mol. The molecule has 2 rings (SSSR count). The summed E-state index contributed by atoms with van der Waals surface area (Å²) in [6.07, 6.45) is 5.74. The second kappa shape index (κ2) is 11.4. The van der Waals surface area contributed by atoms with Crippen molar-refractivity contribution >= 4 is 11.6 Å². The summed E-state index contributed by atoms with van der Waals surface area (Å²) in [7, 11) is 0. The van der Waals surface area contributed by atoms with Crippen LogP contribution in [0.15, 0.2) is 42.5 Å². The SMILES string of the molecule is CCCCCc1cc(OCc2cccc(Cl)c2)ccc1OCCCC#N. The van der Waals surface area contributed by atoms with Gasteiger partial charge in [0.1, 0.15) is 18.1 Å². The van der Waals surface area contributed by atoms with E-state index in [4.69, 9.17) is 26.3 Å². The van der Waals surface area contributed by atoms with E-state index in [-0.39, 0.29) is 0 Å². The number of aryl methyl sites for hydroxylation is 1. The molecule has 0 saturated carbocycles. The minimum atomic E-state index is 0.483. The number of halogens is 1. The first-order chi connectivity index (χ1) is 12.7. The molecule has 0 unspecified atom stereocenters. The lowest BCUT2D eigenvalue weighted by atomic mass is 10.1. The summed E-state index contributed by atoms with van der Waals surface area (Å²) in [4.78, 5) is 0. The Labute approximate surface area is 161 Å². The van der Waals surface area contributed by atoms with Crippen LogP contribution < -0.4 is 9.47 Å². The maximum absolute atomic E-state index is 8.64. The fraction of sp³-hybridized carbons (Fsp3) is 0.409. The predicted octanol–water partition coefficient (Wildman–Crippen LogP) is 6.33. The minimum Gasteiger partial charge on any atom is -0.493 e. The molecule has 0 fully saturated rings. The first-order valence-electron chi connectivity index (χ1n) is 9.23. The van der Waals surface area contributed by atoms with Gasteiger partial charge < -0.3 is 9.47 Å². The van der Waals surface area contributed by atoms with Gasteiger partial charge >= 0.3 is 0 Å². The van der Waals surface area contributed by atoms with E-state index in [1.807, 2.05) is 36.4 Å². The Balaban J connectivity index is 2.01. The minimum absolute atomic E-state index is 0.483. The second-order valence-electron chi connectivity index (χ2n) is 6.26. The molecule has 138 valence electrons. The molecule has 0 saturated heterocycles. The van der Waals surface area contributed by atoms with Crippen LogP contribution in [0.1, 0.15) is 50.2 Å². The lowest BCUT2D eigenvalue weighted by Crippen LogP contribution is -2.02. The summed E-state index contributed by atoms with van der Waals surface area (Å²) in [5.41, 5.74) is 2.21. The van der Waals surface area contributed by atoms with E-state index < -0.39 is 0 Å². The normalized spacial score (nSPS) is 10.3. The quantitative estimate of drug-likeness (QED) is 0.433. The number of nitrogens with zero attached hydrogens (tertiary/aromatic N) is 1. The molecule has 0 spiro atoms. The molecule has 0 atom stereocenters. The lowest BCUT2D eigenvalue weighted by molar-refractivity contribution is 0.297. The average Bonchev–Trinajstić information content (AvgIpc) is 2.65. The van der Waals surface area contributed by atoms with Gasteiger partial charge in [0.2, 0.25) is 0 Å². The third-order valence-corrected chi connectivity index (χ3v) is 4.30. The molecule has 0 aliphatic heterocycles. The molecule has 0 aliphatic carbocycles. The first-order valence-corrected chi connectivity index (χ1v) is 9.60. The summed E-state index contributed by atoms with van der Waals surface area (Å²) in [6, 6.07) is 15.8. The molecule has 4 heteroatoms. The van der Waals surface area contributed by atoms with Crippen molar-refractivity contribution in [2.75, 3.05) is 6.61 Å². The maximum Gasteiger partial charge on any atom is 0.122 e. The van der Waals surface area contributed by atoms with Crippen LogP contribution in [-0.2, 0) is 13.0 Å². The van der Waals surface area contributed by atoms with Gasteiger partial charge in [0.05, 0.1) is 12.7 Å². The van der Waals surface area contributed by atoms with E-state index in [9.17, 15) is 0 Å². The number of unbranched alkanes of at least 4 members (excludes halogenated alkanes) is 3. The molecule has 2 aromatic rings. The fourth-order valence-electron chi connectivity index (χ4n) is 2.67. The average molecular weight is 372 g/mol. The van der Waals surface area contributed by atoms with E-state index in [0.717, 1.165) is 36.3 Å². The Bertz CT molecular complexity index is 724. The maximum atomic E-state index is 8.64. The highest BCUT2D eigenvalue weighted by Gasteiger charge is 2.07. The molecule has 0 bridgehead atoms. The summed E-state index contributed by atoms with van der Waals surface area (Å²) >= 11 is 6.02. The van der Waals surface area contributed by atoms with Crippen LogP contribution in [0.25, 0.3) is 0 Å². The Morgan fingerprint density at radius 3 is 2.69 bits per heavy atom. The number of hydrogen-bond acceptors (Lipinski definition) is 3. The monoisotopic (exact) mass is 371 g/mol. The van der Waals surface area contributed by atoms with Crippen molar-refractivity contribution in [1.82, 2.24) is 0 Å². The first kappa shape index (κ1) is 20.1. The number of hydrogen-bond donors (Lipinski definition) is 0. The number of rotatable bonds is 11. The van der Waals surface area contributed by atoms with E-state index in [1.165, 1.54) is 18.4 Å².